The van der Waals surface area contributed by atoms with E-state index in [1.807, 2.05) is 30.5 Å². The third-order valence-corrected chi connectivity index (χ3v) is 4.17. The van der Waals surface area contributed by atoms with Crippen molar-refractivity contribution in [1.82, 2.24) is 15.5 Å². The number of thiophene rings is 1. The van der Waals surface area contributed by atoms with E-state index in [4.69, 9.17) is 4.74 Å². The summed E-state index contributed by atoms with van der Waals surface area (Å²) in [5.74, 6) is 0.857. The summed E-state index contributed by atoms with van der Waals surface area (Å²) in [6.07, 6.45) is 1.88. The Kier molecular flexibility index (Phi) is 4.33. The van der Waals surface area contributed by atoms with Gasteiger partial charge in [0, 0.05) is 29.1 Å². The van der Waals surface area contributed by atoms with Crippen LogP contribution in [0.2, 0.25) is 0 Å². The third-order valence-electron chi connectivity index (χ3n) is 3.29. The monoisotopic (exact) mass is 299 g/mol. The van der Waals surface area contributed by atoms with Crippen molar-refractivity contribution in [2.75, 3.05) is 7.11 Å². The van der Waals surface area contributed by atoms with Crippen molar-refractivity contribution in [3.8, 4) is 17.0 Å². The second-order valence-corrected chi connectivity index (χ2v) is 5.71. The zero-order valence-corrected chi connectivity index (χ0v) is 12.6. The summed E-state index contributed by atoms with van der Waals surface area (Å²) in [6.45, 7) is 1.67. The van der Waals surface area contributed by atoms with Crippen LogP contribution in [0.5, 0.6) is 5.75 Å². The number of aromatic nitrogens is 2. The number of hydrogen-bond acceptors (Lipinski definition) is 4. The van der Waals surface area contributed by atoms with Crippen molar-refractivity contribution in [3.63, 3.8) is 0 Å². The van der Waals surface area contributed by atoms with Crippen molar-refractivity contribution in [1.29, 1.82) is 0 Å². The predicted octanol–water partition coefficient (Wildman–Crippen LogP) is 3.44. The van der Waals surface area contributed by atoms with Gasteiger partial charge in [0.05, 0.1) is 19.0 Å². The van der Waals surface area contributed by atoms with E-state index in [0.717, 1.165) is 35.7 Å². The van der Waals surface area contributed by atoms with Crippen LogP contribution in [0.1, 0.15) is 10.4 Å². The second kappa shape index (κ2) is 6.56. The number of H-pyrrole nitrogens is 1. The Morgan fingerprint density at radius 1 is 1.19 bits per heavy atom. The summed E-state index contributed by atoms with van der Waals surface area (Å²) >= 11 is 1.76. The first kappa shape index (κ1) is 13.9. The highest BCUT2D eigenvalue weighted by atomic mass is 32.1. The maximum Gasteiger partial charge on any atom is 0.118 e. The molecule has 0 aliphatic rings. The molecule has 1 aromatic carbocycles. The first-order valence-corrected chi connectivity index (χ1v) is 7.64. The Labute approximate surface area is 127 Å². The highest BCUT2D eigenvalue weighted by molar-refractivity contribution is 7.09. The molecule has 0 amide bonds. The molecule has 0 saturated heterocycles. The number of benzene rings is 1. The Balaban J connectivity index is 1.68. The van der Waals surface area contributed by atoms with Crippen LogP contribution >= 0.6 is 11.3 Å². The van der Waals surface area contributed by atoms with Gasteiger partial charge in [0.1, 0.15) is 5.75 Å². The minimum Gasteiger partial charge on any atom is -0.497 e. The quantitative estimate of drug-likeness (QED) is 0.733. The van der Waals surface area contributed by atoms with Crippen molar-refractivity contribution in [2.45, 2.75) is 13.1 Å². The van der Waals surface area contributed by atoms with E-state index < -0.39 is 0 Å². The molecule has 2 aromatic heterocycles. The second-order valence-electron chi connectivity index (χ2n) is 4.68. The zero-order chi connectivity index (χ0) is 14.5. The number of rotatable bonds is 6. The molecule has 0 aliphatic carbocycles. The Hall–Kier alpha value is -2.11. The molecule has 0 atom stereocenters. The summed E-state index contributed by atoms with van der Waals surface area (Å²) in [7, 11) is 1.67. The molecule has 0 radical (unpaired) electrons. The van der Waals surface area contributed by atoms with E-state index in [1.165, 1.54) is 4.88 Å². The van der Waals surface area contributed by atoms with Gasteiger partial charge in [0.15, 0.2) is 0 Å². The summed E-state index contributed by atoms with van der Waals surface area (Å²) in [5, 5.41) is 12.8. The summed E-state index contributed by atoms with van der Waals surface area (Å²) in [5.41, 5.74) is 3.33. The highest BCUT2D eigenvalue weighted by Gasteiger charge is 2.07. The number of ether oxygens (including phenoxy) is 1. The lowest BCUT2D eigenvalue weighted by atomic mass is 10.1. The summed E-state index contributed by atoms with van der Waals surface area (Å²) < 4.78 is 5.19. The average molecular weight is 299 g/mol. The number of nitrogens with one attached hydrogen (secondary N) is 2. The molecule has 0 unspecified atom stereocenters. The zero-order valence-electron chi connectivity index (χ0n) is 11.8. The van der Waals surface area contributed by atoms with Crippen molar-refractivity contribution in [3.05, 3.63) is 58.4 Å². The number of methoxy groups -OCH3 is 1. The third kappa shape index (κ3) is 3.32. The van der Waals surface area contributed by atoms with Crippen LogP contribution in [-0.2, 0) is 13.1 Å². The van der Waals surface area contributed by atoms with Gasteiger partial charge in [0.25, 0.3) is 0 Å². The van der Waals surface area contributed by atoms with Gasteiger partial charge in [-0.05, 0) is 35.7 Å². The maximum atomic E-state index is 5.19. The van der Waals surface area contributed by atoms with Gasteiger partial charge in [-0.25, -0.2) is 0 Å². The fourth-order valence-corrected chi connectivity index (χ4v) is 2.86. The molecule has 2 N–H and O–H groups in total. The van der Waals surface area contributed by atoms with Gasteiger partial charge in [-0.3, -0.25) is 5.10 Å². The van der Waals surface area contributed by atoms with Crippen LogP contribution in [-0.4, -0.2) is 17.3 Å². The molecule has 108 valence electrons. The molecule has 21 heavy (non-hydrogen) atoms. The van der Waals surface area contributed by atoms with Crippen LogP contribution in [0.4, 0.5) is 0 Å². The number of aromatic amines is 1. The lowest BCUT2D eigenvalue weighted by Crippen LogP contribution is -2.11. The van der Waals surface area contributed by atoms with Crippen molar-refractivity contribution < 1.29 is 4.74 Å². The minimum atomic E-state index is 0.787. The summed E-state index contributed by atoms with van der Waals surface area (Å²) in [4.78, 5) is 1.34. The molecule has 0 aliphatic heterocycles. The number of nitrogens with zero attached hydrogens (tertiary/aromatic N) is 1. The van der Waals surface area contributed by atoms with Crippen LogP contribution < -0.4 is 10.1 Å². The van der Waals surface area contributed by atoms with E-state index in [0.29, 0.717) is 0 Å². The SMILES string of the molecule is COc1ccc(-c2[nH]ncc2CNCc2cccs2)cc1. The Bertz CT molecular complexity index is 674. The van der Waals surface area contributed by atoms with Gasteiger partial charge < -0.3 is 10.1 Å². The Morgan fingerprint density at radius 3 is 2.76 bits per heavy atom. The fourth-order valence-electron chi connectivity index (χ4n) is 2.19. The van der Waals surface area contributed by atoms with E-state index >= 15 is 0 Å². The molecule has 0 spiro atoms. The number of hydrogen-bond donors (Lipinski definition) is 2. The largest absolute Gasteiger partial charge is 0.497 e. The molecule has 2 heterocycles. The molecular weight excluding hydrogens is 282 g/mol. The van der Waals surface area contributed by atoms with Gasteiger partial charge >= 0.3 is 0 Å². The van der Waals surface area contributed by atoms with E-state index in [1.54, 1.807) is 18.4 Å². The Morgan fingerprint density at radius 2 is 2.05 bits per heavy atom. The minimum absolute atomic E-state index is 0.787. The summed E-state index contributed by atoms with van der Waals surface area (Å²) in [6, 6.07) is 12.2. The van der Waals surface area contributed by atoms with Crippen LogP contribution in [0.3, 0.4) is 0 Å². The van der Waals surface area contributed by atoms with E-state index in [2.05, 4.69) is 33.0 Å². The topological polar surface area (TPSA) is 49.9 Å². The molecule has 0 bridgehead atoms. The van der Waals surface area contributed by atoms with Crippen LogP contribution in [0, 0.1) is 0 Å². The molecule has 0 saturated carbocycles. The fraction of sp³-hybridized carbons (Fsp3) is 0.188. The molecule has 3 aromatic rings. The standard InChI is InChI=1S/C16H17N3OS/c1-20-14-6-4-12(5-7-14)16-13(10-18-19-16)9-17-11-15-3-2-8-21-15/h2-8,10,17H,9,11H2,1H3,(H,18,19). The van der Waals surface area contributed by atoms with Crippen LogP contribution in [0.15, 0.2) is 48.0 Å². The first-order valence-electron chi connectivity index (χ1n) is 6.76. The van der Waals surface area contributed by atoms with E-state index in [9.17, 15) is 0 Å². The predicted molar refractivity (Wildman–Crippen MR) is 85.4 cm³/mol. The average Bonchev–Trinajstić information content (AvgIpc) is 3.19. The first-order chi connectivity index (χ1) is 10.4. The van der Waals surface area contributed by atoms with Crippen LogP contribution in [0.25, 0.3) is 11.3 Å². The smallest absolute Gasteiger partial charge is 0.118 e. The van der Waals surface area contributed by atoms with Crippen molar-refractivity contribution >= 4 is 11.3 Å². The van der Waals surface area contributed by atoms with Crippen molar-refractivity contribution in [2.24, 2.45) is 0 Å². The normalized spacial score (nSPS) is 10.7. The maximum absolute atomic E-state index is 5.19. The molecule has 0 fully saturated rings. The van der Waals surface area contributed by atoms with Gasteiger partial charge in [0.2, 0.25) is 0 Å². The van der Waals surface area contributed by atoms with Gasteiger partial charge in [-0.2, -0.15) is 5.10 Å². The van der Waals surface area contributed by atoms with Gasteiger partial charge in [-0.1, -0.05) is 6.07 Å². The molecule has 4 nitrogen and oxygen atoms in total. The van der Waals surface area contributed by atoms with Gasteiger partial charge in [-0.15, -0.1) is 11.3 Å². The lowest BCUT2D eigenvalue weighted by molar-refractivity contribution is 0.415. The lowest BCUT2D eigenvalue weighted by Gasteiger charge is -2.06. The molecular formula is C16H17N3OS. The molecule has 5 heteroatoms. The molecule has 3 rings (SSSR count). The van der Waals surface area contributed by atoms with E-state index in [-0.39, 0.29) is 0 Å². The highest BCUT2D eigenvalue weighted by Crippen LogP contribution is 2.23.